The molecular formula is C23H25Cl2NO3S2. The molecule has 3 rings (SSSR count). The number of halogens is 2. The molecular weight excluding hydrogens is 473 g/mol. The normalized spacial score (nSPS) is 11.8. The lowest BCUT2D eigenvalue weighted by atomic mass is 10.0. The maximum Gasteiger partial charge on any atom is 0.214 e. The van der Waals surface area contributed by atoms with E-state index >= 15 is 0 Å². The Hall–Kier alpha value is -1.57. The molecule has 4 nitrogen and oxygen atoms in total. The van der Waals surface area contributed by atoms with Crippen LogP contribution in [0, 0.1) is 0 Å². The zero-order valence-corrected chi connectivity index (χ0v) is 20.8. The molecule has 1 aromatic heterocycles. The van der Waals surface area contributed by atoms with Crippen molar-refractivity contribution in [3.63, 3.8) is 0 Å². The fraction of sp³-hybridized carbons (Fsp3) is 0.304. The average Bonchev–Trinajstić information content (AvgIpc) is 3.17. The van der Waals surface area contributed by atoms with Gasteiger partial charge in [-0.2, -0.15) is 0 Å². The largest absolute Gasteiger partial charge is 0.497 e. The molecule has 1 N–H and O–H groups in total. The van der Waals surface area contributed by atoms with Crippen LogP contribution < -0.4 is 9.46 Å². The number of rotatable bonds is 9. The minimum Gasteiger partial charge on any atom is -0.497 e. The molecule has 8 heteroatoms. The molecule has 0 aliphatic heterocycles. The Bertz CT molecular complexity index is 1140. The molecule has 0 saturated heterocycles. The molecule has 1 heterocycles. The Balaban J connectivity index is 2.01. The van der Waals surface area contributed by atoms with E-state index in [2.05, 4.69) is 4.72 Å². The van der Waals surface area contributed by atoms with Crippen molar-refractivity contribution < 1.29 is 13.2 Å². The van der Waals surface area contributed by atoms with Crippen molar-refractivity contribution in [1.29, 1.82) is 0 Å². The van der Waals surface area contributed by atoms with Crippen molar-refractivity contribution in [2.24, 2.45) is 0 Å². The summed E-state index contributed by atoms with van der Waals surface area (Å²) < 4.78 is 33.2. The minimum atomic E-state index is -3.38. The third kappa shape index (κ3) is 5.62. The summed E-state index contributed by atoms with van der Waals surface area (Å²) in [7, 11) is -1.75. The van der Waals surface area contributed by atoms with Crippen LogP contribution >= 0.6 is 34.5 Å². The SMILES string of the molecule is CCC(CC)S(=O)(=O)NCc1cc(-c2ccc(OC)cc2)c(-c2ccc(Cl)cc2Cl)s1. The van der Waals surface area contributed by atoms with Crippen LogP contribution in [0.1, 0.15) is 31.6 Å². The molecule has 0 aliphatic rings. The number of hydrogen-bond acceptors (Lipinski definition) is 4. The van der Waals surface area contributed by atoms with E-state index in [1.165, 1.54) is 11.3 Å². The maximum atomic E-state index is 12.6. The van der Waals surface area contributed by atoms with Crippen molar-refractivity contribution in [2.45, 2.75) is 38.5 Å². The van der Waals surface area contributed by atoms with E-state index in [0.717, 1.165) is 32.2 Å². The molecule has 0 amide bonds. The lowest BCUT2D eigenvalue weighted by molar-refractivity contribution is 0.415. The summed E-state index contributed by atoms with van der Waals surface area (Å²) in [6, 6.07) is 15.2. The third-order valence-corrected chi connectivity index (χ3v) is 8.96. The average molecular weight is 498 g/mol. The minimum absolute atomic E-state index is 0.234. The van der Waals surface area contributed by atoms with Gasteiger partial charge in [0.15, 0.2) is 0 Å². The summed E-state index contributed by atoms with van der Waals surface area (Å²) in [6.07, 6.45) is 1.16. The fourth-order valence-electron chi connectivity index (χ4n) is 3.40. The Kier molecular flexibility index (Phi) is 8.05. The van der Waals surface area contributed by atoms with Gasteiger partial charge in [-0.15, -0.1) is 11.3 Å². The highest BCUT2D eigenvalue weighted by atomic mass is 35.5. The van der Waals surface area contributed by atoms with Gasteiger partial charge in [0, 0.05) is 32.4 Å². The Morgan fingerprint density at radius 3 is 2.26 bits per heavy atom. The summed E-state index contributed by atoms with van der Waals surface area (Å²) in [5, 5.41) is 0.724. The molecule has 0 aliphatic carbocycles. The van der Waals surface area contributed by atoms with Gasteiger partial charge in [0.1, 0.15) is 5.75 Å². The van der Waals surface area contributed by atoms with Crippen LogP contribution in [-0.2, 0) is 16.6 Å². The highest BCUT2D eigenvalue weighted by Crippen LogP contribution is 2.43. The summed E-state index contributed by atoms with van der Waals surface area (Å²) in [5.41, 5.74) is 2.83. The van der Waals surface area contributed by atoms with Gasteiger partial charge in [-0.25, -0.2) is 13.1 Å². The van der Waals surface area contributed by atoms with Crippen molar-refractivity contribution in [1.82, 2.24) is 4.72 Å². The van der Waals surface area contributed by atoms with Gasteiger partial charge < -0.3 is 4.74 Å². The molecule has 2 aromatic carbocycles. The van der Waals surface area contributed by atoms with Crippen molar-refractivity contribution in [3.8, 4) is 27.3 Å². The van der Waals surface area contributed by atoms with Gasteiger partial charge in [0.2, 0.25) is 10.0 Å². The summed E-state index contributed by atoms with van der Waals surface area (Å²) in [4.78, 5) is 1.87. The van der Waals surface area contributed by atoms with Crippen LogP contribution in [0.5, 0.6) is 5.75 Å². The monoisotopic (exact) mass is 497 g/mol. The zero-order chi connectivity index (χ0) is 22.6. The molecule has 0 radical (unpaired) electrons. The van der Waals surface area contributed by atoms with Crippen molar-refractivity contribution >= 4 is 44.6 Å². The topological polar surface area (TPSA) is 55.4 Å². The molecule has 0 bridgehead atoms. The van der Waals surface area contributed by atoms with E-state index in [1.807, 2.05) is 50.2 Å². The van der Waals surface area contributed by atoms with Gasteiger partial charge in [-0.05, 0) is 48.7 Å². The number of sulfonamides is 1. The zero-order valence-electron chi connectivity index (χ0n) is 17.6. The third-order valence-electron chi connectivity index (χ3n) is 5.16. The smallest absolute Gasteiger partial charge is 0.214 e. The predicted molar refractivity (Wildman–Crippen MR) is 132 cm³/mol. The first-order chi connectivity index (χ1) is 14.8. The lowest BCUT2D eigenvalue weighted by Crippen LogP contribution is -2.33. The van der Waals surface area contributed by atoms with Gasteiger partial charge in [0.05, 0.1) is 17.4 Å². The Morgan fingerprint density at radius 2 is 1.68 bits per heavy atom. The van der Waals surface area contributed by atoms with E-state index in [-0.39, 0.29) is 6.54 Å². The first-order valence-corrected chi connectivity index (χ1v) is 13.1. The van der Waals surface area contributed by atoms with Gasteiger partial charge in [-0.3, -0.25) is 0 Å². The first-order valence-electron chi connectivity index (χ1n) is 10.00. The second kappa shape index (κ2) is 10.4. The number of hydrogen-bond donors (Lipinski definition) is 1. The molecule has 0 spiro atoms. The van der Waals surface area contributed by atoms with Crippen LogP contribution in [0.4, 0.5) is 0 Å². The molecule has 0 fully saturated rings. The van der Waals surface area contributed by atoms with E-state index in [4.69, 9.17) is 27.9 Å². The maximum absolute atomic E-state index is 12.6. The number of nitrogens with one attached hydrogen (secondary N) is 1. The van der Waals surface area contributed by atoms with Gasteiger partial charge in [0.25, 0.3) is 0 Å². The fourth-order valence-corrected chi connectivity index (χ4v) is 6.68. The highest BCUT2D eigenvalue weighted by molar-refractivity contribution is 7.90. The highest BCUT2D eigenvalue weighted by Gasteiger charge is 2.22. The standard InChI is InChI=1S/C23H25Cl2NO3S2/c1-4-19(5-2)31(27,28)26-14-18-13-21(15-6-9-17(29-3)10-7-15)23(30-18)20-11-8-16(24)12-22(20)25/h6-13,19,26H,4-5,14H2,1-3H3. The van der Waals surface area contributed by atoms with Gasteiger partial charge >= 0.3 is 0 Å². The van der Waals surface area contributed by atoms with Crippen molar-refractivity contribution in [3.05, 3.63) is 63.5 Å². The molecule has 0 saturated carbocycles. The van der Waals surface area contributed by atoms with E-state index in [0.29, 0.717) is 22.9 Å². The molecule has 0 atom stereocenters. The van der Waals surface area contributed by atoms with Crippen LogP contribution in [0.3, 0.4) is 0 Å². The summed E-state index contributed by atoms with van der Waals surface area (Å²) in [5.74, 6) is 0.767. The summed E-state index contributed by atoms with van der Waals surface area (Å²) >= 11 is 14.1. The predicted octanol–water partition coefficient (Wildman–Crippen LogP) is 7.01. The second-order valence-corrected chi connectivity index (χ2v) is 11.1. The van der Waals surface area contributed by atoms with E-state index < -0.39 is 15.3 Å². The molecule has 3 aromatic rings. The van der Waals surface area contributed by atoms with Crippen LogP contribution in [0.15, 0.2) is 48.5 Å². The van der Waals surface area contributed by atoms with Crippen LogP contribution in [-0.4, -0.2) is 20.8 Å². The van der Waals surface area contributed by atoms with Gasteiger partial charge in [-0.1, -0.05) is 55.2 Å². The number of ether oxygens (including phenoxy) is 1. The number of thiophene rings is 1. The number of benzene rings is 2. The molecule has 166 valence electrons. The van der Waals surface area contributed by atoms with Crippen LogP contribution in [0.25, 0.3) is 21.6 Å². The molecule has 0 unspecified atom stereocenters. The summed E-state index contributed by atoms with van der Waals surface area (Å²) in [6.45, 7) is 4.01. The lowest BCUT2D eigenvalue weighted by Gasteiger charge is -2.14. The number of methoxy groups -OCH3 is 1. The second-order valence-electron chi connectivity index (χ2n) is 7.11. The molecule has 31 heavy (non-hydrogen) atoms. The van der Waals surface area contributed by atoms with E-state index in [1.54, 1.807) is 19.2 Å². The van der Waals surface area contributed by atoms with Crippen molar-refractivity contribution in [2.75, 3.05) is 7.11 Å². The Morgan fingerprint density at radius 1 is 1.00 bits per heavy atom. The van der Waals surface area contributed by atoms with E-state index in [9.17, 15) is 8.42 Å². The Labute approximate surface area is 198 Å². The quantitative estimate of drug-likeness (QED) is 0.345. The van der Waals surface area contributed by atoms with Crippen LogP contribution in [0.2, 0.25) is 10.0 Å². The first kappa shape index (κ1) is 24.1.